The van der Waals surface area contributed by atoms with Crippen molar-refractivity contribution in [2.45, 2.75) is 32.0 Å². The van der Waals surface area contributed by atoms with Crippen LogP contribution < -0.4 is 5.32 Å². The molecule has 0 saturated heterocycles. The van der Waals surface area contributed by atoms with Gasteiger partial charge in [-0.1, -0.05) is 73.3 Å². The molecule has 0 unspecified atom stereocenters. The largest absolute Gasteiger partial charge is 0.325 e. The second-order valence-electron chi connectivity index (χ2n) is 7.24. The molecule has 1 aromatic heterocycles. The topological polar surface area (TPSA) is 46.9 Å². The number of rotatable bonds is 7. The normalized spacial score (nSPS) is 11.0. The first-order chi connectivity index (χ1) is 14.7. The lowest BCUT2D eigenvalue weighted by Crippen LogP contribution is -2.16. The maximum absolute atomic E-state index is 12.6. The number of thioether (sulfide) groups is 1. The van der Waals surface area contributed by atoms with Crippen molar-refractivity contribution in [1.29, 1.82) is 0 Å². The van der Waals surface area contributed by atoms with Crippen LogP contribution >= 0.6 is 11.8 Å². The van der Waals surface area contributed by atoms with Gasteiger partial charge in [-0.3, -0.25) is 4.79 Å². The predicted octanol–water partition coefficient (Wildman–Crippen LogP) is 5.69. The molecule has 0 saturated carbocycles. The standard InChI is InChI=1S/C25H25N3OS/c1-3-19-11-6-7-13-21(19)26-24(29)17-30-25-27-22-14-8-9-15-23(22)28(25)16-20-12-5-4-10-18(20)2/h4-15H,3,16-17H2,1-2H3,(H,26,29). The molecule has 0 spiro atoms. The number of para-hydroxylation sites is 3. The van der Waals surface area contributed by atoms with E-state index in [0.717, 1.165) is 40.4 Å². The van der Waals surface area contributed by atoms with Crippen LogP contribution in [0.15, 0.2) is 78.0 Å². The van der Waals surface area contributed by atoms with Gasteiger partial charge in [0.1, 0.15) is 0 Å². The van der Waals surface area contributed by atoms with Crippen molar-refractivity contribution in [2.24, 2.45) is 0 Å². The summed E-state index contributed by atoms with van der Waals surface area (Å²) in [6, 6.07) is 24.5. The van der Waals surface area contributed by atoms with Gasteiger partial charge in [-0.15, -0.1) is 0 Å². The van der Waals surface area contributed by atoms with Gasteiger partial charge < -0.3 is 9.88 Å². The van der Waals surface area contributed by atoms with E-state index in [1.807, 2.05) is 42.5 Å². The Morgan fingerprint density at radius 1 is 0.967 bits per heavy atom. The molecule has 1 heterocycles. The van der Waals surface area contributed by atoms with Gasteiger partial charge >= 0.3 is 0 Å². The number of nitrogens with one attached hydrogen (secondary N) is 1. The summed E-state index contributed by atoms with van der Waals surface area (Å²) in [6.07, 6.45) is 0.885. The molecular weight excluding hydrogens is 390 g/mol. The van der Waals surface area contributed by atoms with Crippen molar-refractivity contribution in [3.05, 3.63) is 89.5 Å². The van der Waals surface area contributed by atoms with E-state index in [0.29, 0.717) is 5.75 Å². The monoisotopic (exact) mass is 415 g/mol. The van der Waals surface area contributed by atoms with E-state index in [9.17, 15) is 4.79 Å². The Bertz CT molecular complexity index is 1180. The Hall–Kier alpha value is -3.05. The van der Waals surface area contributed by atoms with Gasteiger partial charge in [-0.25, -0.2) is 4.98 Å². The molecule has 0 radical (unpaired) electrons. The second-order valence-corrected chi connectivity index (χ2v) is 8.19. The van der Waals surface area contributed by atoms with Crippen molar-refractivity contribution >= 4 is 34.4 Å². The van der Waals surface area contributed by atoms with Gasteiger partial charge in [0.2, 0.25) is 5.91 Å². The smallest absolute Gasteiger partial charge is 0.234 e. The van der Waals surface area contributed by atoms with Crippen molar-refractivity contribution in [3.63, 3.8) is 0 Å². The van der Waals surface area contributed by atoms with Gasteiger partial charge in [-0.2, -0.15) is 0 Å². The van der Waals surface area contributed by atoms with Crippen LogP contribution in [0.1, 0.15) is 23.6 Å². The molecule has 0 aliphatic heterocycles. The molecule has 0 aliphatic carbocycles. The molecule has 1 amide bonds. The summed E-state index contributed by atoms with van der Waals surface area (Å²) in [5.41, 5.74) is 6.57. The minimum atomic E-state index is -0.0182. The zero-order valence-electron chi connectivity index (χ0n) is 17.3. The van der Waals surface area contributed by atoms with E-state index in [-0.39, 0.29) is 5.91 Å². The lowest BCUT2D eigenvalue weighted by molar-refractivity contribution is -0.113. The third kappa shape index (κ3) is 4.41. The zero-order chi connectivity index (χ0) is 20.9. The number of anilines is 1. The van der Waals surface area contributed by atoms with E-state index in [2.05, 4.69) is 54.1 Å². The Morgan fingerprint density at radius 3 is 2.47 bits per heavy atom. The number of carbonyl (C=O) groups is 1. The molecule has 0 atom stereocenters. The highest BCUT2D eigenvalue weighted by Crippen LogP contribution is 2.26. The summed E-state index contributed by atoms with van der Waals surface area (Å²) in [5, 5.41) is 3.91. The number of aromatic nitrogens is 2. The van der Waals surface area contributed by atoms with Crippen LogP contribution in [0, 0.1) is 6.92 Å². The highest BCUT2D eigenvalue weighted by Gasteiger charge is 2.14. The van der Waals surface area contributed by atoms with Crippen molar-refractivity contribution in [1.82, 2.24) is 9.55 Å². The summed E-state index contributed by atoms with van der Waals surface area (Å²) >= 11 is 1.48. The van der Waals surface area contributed by atoms with Crippen LogP contribution in [0.4, 0.5) is 5.69 Å². The maximum Gasteiger partial charge on any atom is 0.234 e. The number of nitrogens with zero attached hydrogens (tertiary/aromatic N) is 2. The lowest BCUT2D eigenvalue weighted by atomic mass is 10.1. The fraction of sp³-hybridized carbons (Fsp3) is 0.200. The molecule has 4 aromatic rings. The number of aryl methyl sites for hydroxylation is 2. The molecule has 5 heteroatoms. The van der Waals surface area contributed by atoms with Crippen LogP contribution in [0.25, 0.3) is 11.0 Å². The Kier molecular flexibility index (Phi) is 6.19. The van der Waals surface area contributed by atoms with Crippen LogP contribution in [0.2, 0.25) is 0 Å². The van der Waals surface area contributed by atoms with Gasteiger partial charge in [0.05, 0.1) is 23.3 Å². The minimum Gasteiger partial charge on any atom is -0.325 e. The van der Waals surface area contributed by atoms with E-state index in [1.165, 1.54) is 22.9 Å². The molecule has 4 nitrogen and oxygen atoms in total. The molecule has 3 aromatic carbocycles. The summed E-state index contributed by atoms with van der Waals surface area (Å²) < 4.78 is 2.20. The minimum absolute atomic E-state index is 0.0182. The average Bonchev–Trinajstić information content (AvgIpc) is 3.12. The van der Waals surface area contributed by atoms with E-state index in [1.54, 1.807) is 0 Å². The Morgan fingerprint density at radius 2 is 1.67 bits per heavy atom. The molecule has 0 bridgehead atoms. The molecule has 4 rings (SSSR count). The van der Waals surface area contributed by atoms with Gasteiger partial charge in [0.15, 0.2) is 5.16 Å². The van der Waals surface area contributed by atoms with E-state index >= 15 is 0 Å². The number of amides is 1. The number of imidazole rings is 1. The predicted molar refractivity (Wildman–Crippen MR) is 125 cm³/mol. The van der Waals surface area contributed by atoms with Crippen LogP contribution in [0.5, 0.6) is 0 Å². The van der Waals surface area contributed by atoms with Crippen molar-refractivity contribution < 1.29 is 4.79 Å². The van der Waals surface area contributed by atoms with Crippen LogP contribution in [0.3, 0.4) is 0 Å². The zero-order valence-corrected chi connectivity index (χ0v) is 18.1. The van der Waals surface area contributed by atoms with Gasteiger partial charge in [-0.05, 0) is 48.2 Å². The third-order valence-corrected chi connectivity index (χ3v) is 6.19. The van der Waals surface area contributed by atoms with Crippen LogP contribution in [-0.2, 0) is 17.8 Å². The molecule has 0 aliphatic rings. The average molecular weight is 416 g/mol. The second kappa shape index (κ2) is 9.18. The van der Waals surface area contributed by atoms with Crippen molar-refractivity contribution in [3.8, 4) is 0 Å². The fourth-order valence-electron chi connectivity index (χ4n) is 3.54. The molecule has 0 fully saturated rings. The van der Waals surface area contributed by atoms with E-state index < -0.39 is 0 Å². The molecular formula is C25H25N3OS. The fourth-order valence-corrected chi connectivity index (χ4v) is 4.36. The molecule has 152 valence electrons. The first-order valence-corrected chi connectivity index (χ1v) is 11.1. The number of hydrogen-bond donors (Lipinski definition) is 1. The quantitative estimate of drug-likeness (QED) is 0.395. The Labute approximate surface area is 181 Å². The number of fused-ring (bicyclic) bond motifs is 1. The summed E-state index contributed by atoms with van der Waals surface area (Å²) in [6.45, 7) is 4.95. The highest BCUT2D eigenvalue weighted by molar-refractivity contribution is 7.99. The Balaban J connectivity index is 1.55. The molecule has 1 N–H and O–H groups in total. The number of hydrogen-bond acceptors (Lipinski definition) is 3. The summed E-state index contributed by atoms with van der Waals surface area (Å²) in [7, 11) is 0. The third-order valence-electron chi connectivity index (χ3n) is 5.21. The lowest BCUT2D eigenvalue weighted by Gasteiger charge is -2.12. The SMILES string of the molecule is CCc1ccccc1NC(=O)CSc1nc2ccccc2n1Cc1ccccc1C. The van der Waals surface area contributed by atoms with Gasteiger partial charge in [0, 0.05) is 5.69 Å². The number of carbonyl (C=O) groups excluding carboxylic acids is 1. The first-order valence-electron chi connectivity index (χ1n) is 10.2. The van der Waals surface area contributed by atoms with Gasteiger partial charge in [0.25, 0.3) is 0 Å². The molecule has 30 heavy (non-hydrogen) atoms. The van der Waals surface area contributed by atoms with E-state index in [4.69, 9.17) is 4.98 Å². The maximum atomic E-state index is 12.6. The van der Waals surface area contributed by atoms with Crippen molar-refractivity contribution in [2.75, 3.05) is 11.1 Å². The summed E-state index contributed by atoms with van der Waals surface area (Å²) in [4.78, 5) is 17.4. The first kappa shape index (κ1) is 20.2. The highest BCUT2D eigenvalue weighted by atomic mass is 32.2. The number of benzene rings is 3. The van der Waals surface area contributed by atoms with Crippen LogP contribution in [-0.4, -0.2) is 21.2 Å². The summed E-state index contributed by atoms with van der Waals surface area (Å²) in [5.74, 6) is 0.296.